The Morgan fingerprint density at radius 3 is 2.43 bits per heavy atom. The van der Waals surface area contributed by atoms with Crippen LogP contribution in [-0.4, -0.2) is 23.9 Å². The first-order valence-electron chi connectivity index (χ1n) is 6.52. The fourth-order valence-electron chi connectivity index (χ4n) is 2.31. The maximum Gasteiger partial charge on any atom is 0.250 e. The Balaban J connectivity index is 2.54. The number of hydrogen-bond acceptors (Lipinski definition) is 2. The first-order valence-corrected chi connectivity index (χ1v) is 6.89. The molecule has 0 bridgehead atoms. The number of piperazine rings is 1. The van der Waals surface area contributed by atoms with Crippen LogP contribution >= 0.6 is 11.6 Å². The third-order valence-electron chi connectivity index (χ3n) is 3.46. The normalized spacial score (nSPS) is 22.7. The monoisotopic (exact) mass is 316 g/mol. The van der Waals surface area contributed by atoms with Crippen molar-refractivity contribution in [3.05, 3.63) is 28.8 Å². The minimum absolute atomic E-state index is 0.168. The summed E-state index contributed by atoms with van der Waals surface area (Å²) in [6, 6.07) is -0.145. The van der Waals surface area contributed by atoms with Crippen LogP contribution in [0.4, 0.5) is 14.5 Å². The second-order valence-corrected chi connectivity index (χ2v) is 5.74. The Hall–Kier alpha value is -1.69. The molecule has 7 heteroatoms. The molecule has 1 aromatic carbocycles. The number of halogens is 3. The van der Waals surface area contributed by atoms with E-state index in [4.69, 9.17) is 11.6 Å². The molecule has 1 heterocycles. The van der Waals surface area contributed by atoms with Crippen LogP contribution in [0.2, 0.25) is 5.02 Å². The summed E-state index contributed by atoms with van der Waals surface area (Å²) in [4.78, 5) is 25.5. The summed E-state index contributed by atoms with van der Waals surface area (Å²) in [5.41, 5.74) is -0.268. The number of hydrogen-bond donors (Lipinski definition) is 1. The smallest absolute Gasteiger partial charge is 0.250 e. The minimum Gasteiger partial charge on any atom is -0.342 e. The van der Waals surface area contributed by atoms with E-state index in [2.05, 4.69) is 5.32 Å². The largest absolute Gasteiger partial charge is 0.342 e. The van der Waals surface area contributed by atoms with Crippen molar-refractivity contribution >= 4 is 29.1 Å². The van der Waals surface area contributed by atoms with E-state index in [-0.39, 0.29) is 16.6 Å². The number of benzene rings is 1. The average Bonchev–Trinajstić information content (AvgIpc) is 2.36. The number of amides is 2. The van der Waals surface area contributed by atoms with E-state index in [1.54, 1.807) is 13.8 Å². The molecule has 2 amide bonds. The Morgan fingerprint density at radius 2 is 1.90 bits per heavy atom. The first kappa shape index (κ1) is 15.7. The molecule has 0 saturated carbocycles. The van der Waals surface area contributed by atoms with E-state index in [1.807, 2.05) is 0 Å². The highest BCUT2D eigenvalue weighted by Crippen LogP contribution is 2.33. The molecule has 1 aliphatic rings. The molecule has 0 aromatic heterocycles. The summed E-state index contributed by atoms with van der Waals surface area (Å²) in [7, 11) is 0. The molecule has 21 heavy (non-hydrogen) atoms. The summed E-state index contributed by atoms with van der Waals surface area (Å²) in [5.74, 6) is -2.86. The lowest BCUT2D eigenvalue weighted by Gasteiger charge is -2.39. The molecule has 1 N–H and O–H groups in total. The number of nitrogens with zero attached hydrogens (tertiary/aromatic N) is 1. The Bertz CT molecular complexity index is 584. The molecule has 1 aliphatic heterocycles. The molecule has 0 aliphatic carbocycles. The van der Waals surface area contributed by atoms with Gasteiger partial charge in [0.15, 0.2) is 5.82 Å². The van der Waals surface area contributed by atoms with Gasteiger partial charge in [0.25, 0.3) is 5.91 Å². The van der Waals surface area contributed by atoms with E-state index < -0.39 is 35.5 Å². The fraction of sp³-hybridized carbons (Fsp3) is 0.429. The number of rotatable bonds is 2. The second kappa shape index (κ2) is 5.60. The van der Waals surface area contributed by atoms with Gasteiger partial charge in [-0.05, 0) is 18.9 Å². The highest BCUT2D eigenvalue weighted by molar-refractivity contribution is 6.34. The zero-order chi connectivity index (χ0) is 15.9. The third kappa shape index (κ3) is 2.72. The molecular formula is C14H15ClF2N2O2. The van der Waals surface area contributed by atoms with Crippen LogP contribution in [0.3, 0.4) is 0 Å². The minimum atomic E-state index is -0.975. The van der Waals surface area contributed by atoms with Crippen molar-refractivity contribution in [3.63, 3.8) is 0 Å². The summed E-state index contributed by atoms with van der Waals surface area (Å²) in [5, 5.41) is 2.35. The standard InChI is InChI=1S/C14H15ClF2N2O2/c1-6(2)11-14(21)19(7(3)13(20)18-11)12-9(15)4-8(16)5-10(12)17/h4-7,11H,1-3H3,(H,18,20). The lowest BCUT2D eigenvalue weighted by atomic mass is 9.97. The van der Waals surface area contributed by atoms with Gasteiger partial charge in [0, 0.05) is 6.07 Å². The SMILES string of the molecule is CC(C)C1NC(=O)C(C)N(c2c(F)cc(F)cc2Cl)C1=O. The van der Waals surface area contributed by atoms with Gasteiger partial charge in [-0.1, -0.05) is 25.4 Å². The van der Waals surface area contributed by atoms with Crippen LogP contribution < -0.4 is 10.2 Å². The van der Waals surface area contributed by atoms with E-state index in [0.29, 0.717) is 6.07 Å². The Morgan fingerprint density at radius 1 is 1.29 bits per heavy atom. The van der Waals surface area contributed by atoms with E-state index in [0.717, 1.165) is 11.0 Å². The molecule has 1 fully saturated rings. The van der Waals surface area contributed by atoms with Crippen LogP contribution in [0.1, 0.15) is 20.8 Å². The van der Waals surface area contributed by atoms with Crippen LogP contribution in [0.5, 0.6) is 0 Å². The first-order chi connectivity index (χ1) is 9.73. The summed E-state index contributed by atoms with van der Waals surface area (Å²) < 4.78 is 27.2. The number of carbonyl (C=O) groups is 2. The van der Waals surface area contributed by atoms with E-state index >= 15 is 0 Å². The van der Waals surface area contributed by atoms with Crippen molar-refractivity contribution < 1.29 is 18.4 Å². The van der Waals surface area contributed by atoms with Crippen LogP contribution in [0.15, 0.2) is 12.1 Å². The molecule has 2 atom stereocenters. The van der Waals surface area contributed by atoms with E-state index in [9.17, 15) is 18.4 Å². The summed E-state index contributed by atoms with van der Waals surface area (Å²) >= 11 is 5.87. The van der Waals surface area contributed by atoms with E-state index in [1.165, 1.54) is 6.92 Å². The van der Waals surface area contributed by atoms with Gasteiger partial charge in [-0.2, -0.15) is 0 Å². The lowest BCUT2D eigenvalue weighted by molar-refractivity contribution is -0.134. The molecule has 2 rings (SSSR count). The van der Waals surface area contributed by atoms with Crippen molar-refractivity contribution in [2.75, 3.05) is 4.90 Å². The zero-order valence-electron chi connectivity index (χ0n) is 11.8. The molecular weight excluding hydrogens is 302 g/mol. The van der Waals surface area contributed by atoms with Gasteiger partial charge < -0.3 is 5.32 Å². The molecule has 114 valence electrons. The Kier molecular flexibility index (Phi) is 4.18. The van der Waals surface area contributed by atoms with Crippen molar-refractivity contribution in [1.29, 1.82) is 0 Å². The predicted octanol–water partition coefficient (Wildman–Crippen LogP) is 2.49. The van der Waals surface area contributed by atoms with Gasteiger partial charge in [0.1, 0.15) is 17.9 Å². The molecule has 1 saturated heterocycles. The third-order valence-corrected chi connectivity index (χ3v) is 3.75. The summed E-state index contributed by atoms with van der Waals surface area (Å²) in [6.45, 7) is 4.99. The average molecular weight is 317 g/mol. The van der Waals surface area contributed by atoms with Gasteiger partial charge in [-0.3, -0.25) is 14.5 Å². The Labute approximate surface area is 126 Å². The second-order valence-electron chi connectivity index (χ2n) is 5.33. The molecule has 0 radical (unpaired) electrons. The zero-order valence-corrected chi connectivity index (χ0v) is 12.5. The van der Waals surface area contributed by atoms with Gasteiger partial charge >= 0.3 is 0 Å². The predicted molar refractivity (Wildman–Crippen MR) is 75.1 cm³/mol. The maximum atomic E-state index is 14.0. The number of carbonyl (C=O) groups excluding carboxylic acids is 2. The van der Waals surface area contributed by atoms with Crippen molar-refractivity contribution in [2.45, 2.75) is 32.9 Å². The van der Waals surface area contributed by atoms with Crippen molar-refractivity contribution in [3.8, 4) is 0 Å². The molecule has 4 nitrogen and oxygen atoms in total. The molecule has 0 spiro atoms. The van der Waals surface area contributed by atoms with Gasteiger partial charge in [-0.15, -0.1) is 0 Å². The topological polar surface area (TPSA) is 49.4 Å². The fourth-order valence-corrected chi connectivity index (χ4v) is 2.60. The van der Waals surface area contributed by atoms with Crippen LogP contribution in [0.25, 0.3) is 0 Å². The van der Waals surface area contributed by atoms with Gasteiger partial charge in [0.2, 0.25) is 5.91 Å². The van der Waals surface area contributed by atoms with Crippen LogP contribution in [0, 0.1) is 17.6 Å². The van der Waals surface area contributed by atoms with Gasteiger partial charge in [-0.25, -0.2) is 8.78 Å². The summed E-state index contributed by atoms with van der Waals surface area (Å²) in [6.07, 6.45) is 0. The highest BCUT2D eigenvalue weighted by atomic mass is 35.5. The number of anilines is 1. The maximum absolute atomic E-state index is 14.0. The highest BCUT2D eigenvalue weighted by Gasteiger charge is 2.42. The lowest BCUT2D eigenvalue weighted by Crippen LogP contribution is -2.64. The molecule has 2 unspecified atom stereocenters. The van der Waals surface area contributed by atoms with Gasteiger partial charge in [0.05, 0.1) is 10.7 Å². The van der Waals surface area contributed by atoms with Crippen molar-refractivity contribution in [2.24, 2.45) is 5.92 Å². The van der Waals surface area contributed by atoms with Crippen molar-refractivity contribution in [1.82, 2.24) is 5.32 Å². The quantitative estimate of drug-likeness (QED) is 0.911. The molecule has 1 aromatic rings. The number of nitrogens with one attached hydrogen (secondary N) is 1. The van der Waals surface area contributed by atoms with Crippen LogP contribution in [-0.2, 0) is 9.59 Å².